The number of aromatic nitrogens is 1. The van der Waals surface area contributed by atoms with E-state index >= 15 is 0 Å². The lowest BCUT2D eigenvalue weighted by atomic mass is 9.43. The van der Waals surface area contributed by atoms with Gasteiger partial charge in [0.25, 0.3) is 0 Å². The largest absolute Gasteiger partial charge is 0.456 e. The number of rotatable bonds is 4. The van der Waals surface area contributed by atoms with Gasteiger partial charge in [-0.15, -0.1) is 0 Å². The molecule has 5 nitrogen and oxygen atoms in total. The zero-order chi connectivity index (χ0) is 55.3. The predicted octanol–water partition coefficient (Wildman–Crippen LogP) is 19.5. The van der Waals surface area contributed by atoms with Crippen LogP contribution >= 0.6 is 0 Å². The molecule has 0 fully saturated rings. The van der Waals surface area contributed by atoms with Gasteiger partial charge in [0.1, 0.15) is 22.3 Å². The fraction of sp³-hybridized carbons (Fsp3) is 0.270. The summed E-state index contributed by atoms with van der Waals surface area (Å²) < 4.78 is 17.0. The van der Waals surface area contributed by atoms with Gasteiger partial charge in [-0.3, -0.25) is 0 Å². The highest BCUT2D eigenvalue weighted by atomic mass is 16.3. The summed E-state index contributed by atoms with van der Waals surface area (Å²) >= 11 is 0. The van der Waals surface area contributed by atoms with E-state index in [0.717, 1.165) is 85.2 Å². The third-order valence-corrected chi connectivity index (χ3v) is 18.9. The Morgan fingerprint density at radius 3 is 1.61 bits per heavy atom. The van der Waals surface area contributed by atoms with Gasteiger partial charge in [-0.2, -0.15) is 0 Å². The van der Waals surface area contributed by atoms with Crippen LogP contribution in [0, 0.1) is 0 Å². The lowest BCUT2D eigenvalue weighted by molar-refractivity contribution is 0.332. The van der Waals surface area contributed by atoms with Crippen molar-refractivity contribution in [1.82, 2.24) is 4.57 Å². The normalized spacial score (nSPS) is 15.6. The van der Waals surface area contributed by atoms with E-state index < -0.39 is 0 Å². The number of para-hydroxylation sites is 2. The minimum Gasteiger partial charge on any atom is -0.456 e. The van der Waals surface area contributed by atoms with E-state index in [1.807, 2.05) is 0 Å². The summed E-state index contributed by atoms with van der Waals surface area (Å²) in [6.45, 7) is 30.2. The first-order chi connectivity index (χ1) is 38.0. The third-order valence-electron chi connectivity index (χ3n) is 18.9. The quantitative estimate of drug-likeness (QED) is 0.165. The Labute approximate surface area is 470 Å². The number of fused-ring (bicyclic) bond motifs is 17. The molecule has 6 heteroatoms. The van der Waals surface area contributed by atoms with Gasteiger partial charge >= 0.3 is 6.85 Å². The SMILES string of the molecule is CC(C)(C)c1ccc(N2B3c4cc5oc6ccccc6c5cc4-n4c5cc6c(cc5c5c7oc8ccccc8c7c(c3c54)-c3cc(N(c4ccc(C(C)(C)C)cc4)c4ccc(C(C)(C)C)cc4)ccc32)C(C)(C)CCC6(C)C)cc1. The second-order valence-corrected chi connectivity index (χ2v) is 28.0. The summed E-state index contributed by atoms with van der Waals surface area (Å²) in [5.41, 5.74) is 24.5. The molecule has 0 spiro atoms. The Hall–Kier alpha value is -7.96. The van der Waals surface area contributed by atoms with Crippen LogP contribution in [0.1, 0.15) is 131 Å². The molecule has 396 valence electrons. The number of furan rings is 2. The molecule has 0 saturated heterocycles. The van der Waals surface area contributed by atoms with E-state index in [-0.39, 0.29) is 33.9 Å². The molecule has 0 atom stereocenters. The zero-order valence-corrected chi connectivity index (χ0v) is 48.7. The summed E-state index contributed by atoms with van der Waals surface area (Å²) in [4.78, 5) is 5.12. The standard InChI is InChI=1S/C74H70BN3O2/c1-70(2,3)43-22-28-46(29-23-43)76(47-30-24-44(25-31-47)71(4,5)6)49-34-35-58-53(38-49)64-65-51-19-15-17-21-62(51)80-69(65)66-54-39-55-56(74(12,13)37-36-73(55,10)11)41-59(54)77-60-40-52-50-18-14-16-20-61(50)79-63(52)42-57(60)75(67(64)68(66)77)78(58)48-32-26-45(27-33-48)72(7,8)9/h14-35,38-42H,36-37H2,1-13H3. The summed E-state index contributed by atoms with van der Waals surface area (Å²) in [7, 11) is 0. The van der Waals surface area contributed by atoms with Crippen molar-refractivity contribution in [3.63, 3.8) is 0 Å². The molecule has 9 aromatic carbocycles. The van der Waals surface area contributed by atoms with Crippen LogP contribution < -0.4 is 20.6 Å². The maximum Gasteiger partial charge on any atom is 0.333 e. The smallest absolute Gasteiger partial charge is 0.333 e. The van der Waals surface area contributed by atoms with Crippen molar-refractivity contribution in [3.8, 4) is 16.8 Å². The molecule has 15 rings (SSSR count). The van der Waals surface area contributed by atoms with Gasteiger partial charge < -0.3 is 23.1 Å². The average molecular weight is 1040 g/mol. The summed E-state index contributed by atoms with van der Waals surface area (Å²) in [5, 5.41) is 6.95. The van der Waals surface area contributed by atoms with Crippen molar-refractivity contribution in [1.29, 1.82) is 0 Å². The molecule has 80 heavy (non-hydrogen) atoms. The molecular formula is C74H70BN3O2. The molecule has 0 amide bonds. The molecule has 2 aliphatic heterocycles. The van der Waals surface area contributed by atoms with Crippen LogP contribution in [0.2, 0.25) is 0 Å². The Morgan fingerprint density at radius 1 is 0.475 bits per heavy atom. The number of benzene rings is 9. The van der Waals surface area contributed by atoms with E-state index in [1.54, 1.807) is 0 Å². The molecule has 3 aliphatic rings. The Bertz CT molecular complexity index is 4520. The molecule has 0 radical (unpaired) electrons. The molecular weight excluding hydrogens is 974 g/mol. The van der Waals surface area contributed by atoms with Crippen molar-refractivity contribution < 1.29 is 8.83 Å². The first kappa shape index (κ1) is 49.1. The van der Waals surface area contributed by atoms with E-state index in [2.05, 4.69) is 268 Å². The summed E-state index contributed by atoms with van der Waals surface area (Å²) in [5.74, 6) is 0. The van der Waals surface area contributed by atoms with Crippen molar-refractivity contribution >= 4 is 112 Å². The van der Waals surface area contributed by atoms with Gasteiger partial charge in [0.05, 0.1) is 16.4 Å². The summed E-state index contributed by atoms with van der Waals surface area (Å²) in [6.07, 6.45) is 2.26. The number of anilines is 5. The third kappa shape index (κ3) is 7.02. The molecule has 3 aromatic heterocycles. The minimum atomic E-state index is -0.248. The highest BCUT2D eigenvalue weighted by Gasteiger charge is 2.47. The van der Waals surface area contributed by atoms with E-state index in [1.165, 1.54) is 77.4 Å². The van der Waals surface area contributed by atoms with Crippen LogP contribution in [0.3, 0.4) is 0 Å². The number of hydrogen-bond acceptors (Lipinski definition) is 4. The Morgan fingerprint density at radius 2 is 1.01 bits per heavy atom. The van der Waals surface area contributed by atoms with Gasteiger partial charge in [0.2, 0.25) is 0 Å². The molecule has 0 bridgehead atoms. The highest BCUT2D eigenvalue weighted by Crippen LogP contribution is 2.55. The molecule has 0 saturated carbocycles. The zero-order valence-electron chi connectivity index (χ0n) is 48.7. The molecule has 0 unspecified atom stereocenters. The van der Waals surface area contributed by atoms with Crippen LogP contribution in [0.25, 0.3) is 82.5 Å². The molecule has 1 aliphatic carbocycles. The van der Waals surface area contributed by atoms with Gasteiger partial charge in [-0.1, -0.05) is 163 Å². The number of nitrogens with zero attached hydrogens (tertiary/aromatic N) is 3. The number of hydrogen-bond donors (Lipinski definition) is 0. The minimum absolute atomic E-state index is 0.00543. The van der Waals surface area contributed by atoms with Crippen LogP contribution in [0.5, 0.6) is 0 Å². The fourth-order valence-corrected chi connectivity index (χ4v) is 14.3. The van der Waals surface area contributed by atoms with E-state index in [0.29, 0.717) is 0 Å². The first-order valence-electron chi connectivity index (χ1n) is 29.1. The van der Waals surface area contributed by atoms with Crippen molar-refractivity contribution in [2.24, 2.45) is 0 Å². The second-order valence-electron chi connectivity index (χ2n) is 28.0. The van der Waals surface area contributed by atoms with Crippen LogP contribution in [0.15, 0.2) is 173 Å². The maximum atomic E-state index is 7.47. The van der Waals surface area contributed by atoms with E-state index in [9.17, 15) is 0 Å². The maximum absolute atomic E-state index is 7.47. The first-order valence-corrected chi connectivity index (χ1v) is 29.1. The lowest BCUT2D eigenvalue weighted by Gasteiger charge is -2.43. The fourth-order valence-electron chi connectivity index (χ4n) is 14.3. The second kappa shape index (κ2) is 16.3. The van der Waals surface area contributed by atoms with Crippen LogP contribution in [-0.2, 0) is 27.1 Å². The molecule has 0 N–H and O–H groups in total. The summed E-state index contributed by atoms with van der Waals surface area (Å²) in [6, 6.07) is 62.5. The molecule has 5 heterocycles. The van der Waals surface area contributed by atoms with Crippen molar-refractivity contribution in [2.45, 2.75) is 130 Å². The van der Waals surface area contributed by atoms with Gasteiger partial charge in [-0.05, 0) is 175 Å². The van der Waals surface area contributed by atoms with Crippen molar-refractivity contribution in [2.75, 3.05) is 9.71 Å². The van der Waals surface area contributed by atoms with Crippen molar-refractivity contribution in [3.05, 3.63) is 192 Å². The Balaban J connectivity index is 1.12. The van der Waals surface area contributed by atoms with Gasteiger partial charge in [0, 0.05) is 66.6 Å². The predicted molar refractivity (Wildman–Crippen MR) is 340 cm³/mol. The topological polar surface area (TPSA) is 37.7 Å². The Kier molecular flexibility index (Phi) is 10.0. The average Bonchev–Trinajstić information content (AvgIpc) is 2.30. The van der Waals surface area contributed by atoms with Gasteiger partial charge in [-0.25, -0.2) is 0 Å². The van der Waals surface area contributed by atoms with E-state index in [4.69, 9.17) is 8.83 Å². The van der Waals surface area contributed by atoms with Gasteiger partial charge in [0.15, 0.2) is 0 Å². The molecule has 12 aromatic rings. The lowest BCUT2D eigenvalue weighted by Crippen LogP contribution is -2.60. The van der Waals surface area contributed by atoms with Crippen LogP contribution in [0.4, 0.5) is 28.4 Å². The monoisotopic (exact) mass is 1040 g/mol. The van der Waals surface area contributed by atoms with Crippen LogP contribution in [-0.4, -0.2) is 11.4 Å². The highest BCUT2D eigenvalue weighted by molar-refractivity contribution is 6.94.